The summed E-state index contributed by atoms with van der Waals surface area (Å²) in [7, 11) is 0. The Hall–Kier alpha value is -2.47. The highest BCUT2D eigenvalue weighted by atomic mass is 19.1. The number of carbonyl (C=O) groups is 1. The number of nitrogens with one attached hydrogen (secondary N) is 1. The third-order valence-electron chi connectivity index (χ3n) is 2.96. The van der Waals surface area contributed by atoms with E-state index in [4.69, 9.17) is 4.42 Å². The van der Waals surface area contributed by atoms with Crippen LogP contribution >= 0.6 is 0 Å². The second kappa shape index (κ2) is 7.00. The number of aryl methyl sites for hydroxylation is 1. The summed E-state index contributed by atoms with van der Waals surface area (Å²) in [4.78, 5) is 11.6. The average Bonchev–Trinajstić information content (AvgIpc) is 2.88. The lowest BCUT2D eigenvalue weighted by Gasteiger charge is -2.13. The first-order chi connectivity index (χ1) is 10.5. The van der Waals surface area contributed by atoms with E-state index < -0.39 is 29.2 Å². The molecule has 0 saturated heterocycles. The lowest BCUT2D eigenvalue weighted by Crippen LogP contribution is -2.27. The zero-order chi connectivity index (χ0) is 16.1. The van der Waals surface area contributed by atoms with E-state index in [9.17, 15) is 18.7 Å². The Balaban J connectivity index is 1.92. The van der Waals surface area contributed by atoms with Crippen LogP contribution in [0.5, 0.6) is 0 Å². The summed E-state index contributed by atoms with van der Waals surface area (Å²) >= 11 is 0. The lowest BCUT2D eigenvalue weighted by atomic mass is 10.1. The van der Waals surface area contributed by atoms with Gasteiger partial charge in [-0.3, -0.25) is 4.79 Å². The van der Waals surface area contributed by atoms with Gasteiger partial charge >= 0.3 is 0 Å². The Bertz CT molecular complexity index is 674. The highest BCUT2D eigenvalue weighted by Gasteiger charge is 2.17. The minimum atomic E-state index is -1.47. The minimum Gasteiger partial charge on any atom is -0.462 e. The molecule has 116 valence electrons. The first-order valence-electron chi connectivity index (χ1n) is 6.61. The molecule has 1 unspecified atom stereocenters. The molecular weight excluding hydrogens is 292 g/mol. The van der Waals surface area contributed by atoms with Gasteiger partial charge in [-0.15, -0.1) is 0 Å². The second-order valence-corrected chi connectivity index (χ2v) is 4.68. The Morgan fingerprint density at radius 3 is 2.59 bits per heavy atom. The van der Waals surface area contributed by atoms with Crippen LogP contribution in [0.4, 0.5) is 8.78 Å². The number of carbonyl (C=O) groups excluding carboxylic acids is 1. The number of halogens is 2. The number of furan rings is 1. The molecule has 6 heteroatoms. The summed E-state index contributed by atoms with van der Waals surface area (Å²) in [5.41, 5.74) is -0.464. The van der Waals surface area contributed by atoms with Crippen molar-refractivity contribution in [3.05, 3.63) is 65.1 Å². The van der Waals surface area contributed by atoms with Gasteiger partial charge in [-0.05, 0) is 37.3 Å². The maximum atomic E-state index is 13.5. The number of amides is 1. The SMILES string of the molecule is Cc1ccc(/C=C/C(=O)NCC(O)c2c(F)cccc2F)o1. The van der Waals surface area contributed by atoms with Gasteiger partial charge in [0.15, 0.2) is 0 Å². The number of aliphatic hydroxyl groups excluding tert-OH is 1. The molecule has 0 radical (unpaired) electrons. The van der Waals surface area contributed by atoms with Crippen molar-refractivity contribution in [1.82, 2.24) is 5.32 Å². The summed E-state index contributed by atoms with van der Waals surface area (Å²) < 4.78 is 32.2. The fourth-order valence-corrected chi connectivity index (χ4v) is 1.89. The number of aliphatic hydroxyl groups is 1. The maximum Gasteiger partial charge on any atom is 0.244 e. The topological polar surface area (TPSA) is 62.5 Å². The van der Waals surface area contributed by atoms with Gasteiger partial charge in [0.05, 0.1) is 5.56 Å². The molecule has 0 aliphatic heterocycles. The highest BCUT2D eigenvalue weighted by molar-refractivity contribution is 5.91. The monoisotopic (exact) mass is 307 g/mol. The highest BCUT2D eigenvalue weighted by Crippen LogP contribution is 2.19. The first-order valence-corrected chi connectivity index (χ1v) is 6.61. The van der Waals surface area contributed by atoms with Crippen molar-refractivity contribution in [3.63, 3.8) is 0 Å². The molecule has 1 atom stereocenters. The third kappa shape index (κ3) is 4.02. The Kier molecular flexibility index (Phi) is 5.06. The van der Waals surface area contributed by atoms with Gasteiger partial charge in [-0.2, -0.15) is 0 Å². The molecule has 0 aliphatic carbocycles. The molecule has 2 rings (SSSR count). The van der Waals surface area contributed by atoms with Crippen LogP contribution in [-0.4, -0.2) is 17.6 Å². The number of hydrogen-bond acceptors (Lipinski definition) is 3. The standard InChI is InChI=1S/C16H15F2NO3/c1-10-5-6-11(22-10)7-8-15(21)19-9-14(20)16-12(17)3-2-4-13(16)18/h2-8,14,20H,9H2,1H3,(H,19,21)/b8-7+. The van der Waals surface area contributed by atoms with Crippen LogP contribution in [-0.2, 0) is 4.79 Å². The summed E-state index contributed by atoms with van der Waals surface area (Å²) in [6.45, 7) is 1.47. The van der Waals surface area contributed by atoms with Crippen LogP contribution in [0.1, 0.15) is 23.2 Å². The van der Waals surface area contributed by atoms with Crippen molar-refractivity contribution in [2.24, 2.45) is 0 Å². The molecule has 0 bridgehead atoms. The molecule has 4 nitrogen and oxygen atoms in total. The van der Waals surface area contributed by atoms with Crippen LogP contribution in [0.15, 0.2) is 40.8 Å². The summed E-state index contributed by atoms with van der Waals surface area (Å²) in [6, 6.07) is 6.74. The van der Waals surface area contributed by atoms with Gasteiger partial charge in [0.1, 0.15) is 29.3 Å². The van der Waals surface area contributed by atoms with E-state index in [1.165, 1.54) is 18.2 Å². The molecule has 2 aromatic rings. The smallest absolute Gasteiger partial charge is 0.244 e. The maximum absolute atomic E-state index is 13.5. The van der Waals surface area contributed by atoms with Crippen molar-refractivity contribution in [3.8, 4) is 0 Å². The zero-order valence-corrected chi connectivity index (χ0v) is 11.8. The van der Waals surface area contributed by atoms with Crippen LogP contribution in [0.2, 0.25) is 0 Å². The molecule has 0 fully saturated rings. The van der Waals surface area contributed by atoms with E-state index >= 15 is 0 Å². The molecule has 0 spiro atoms. The molecule has 1 aromatic carbocycles. The van der Waals surface area contributed by atoms with Crippen molar-refractivity contribution in [1.29, 1.82) is 0 Å². The number of hydrogen-bond donors (Lipinski definition) is 2. The fourth-order valence-electron chi connectivity index (χ4n) is 1.89. The van der Waals surface area contributed by atoms with E-state index in [0.29, 0.717) is 11.5 Å². The lowest BCUT2D eigenvalue weighted by molar-refractivity contribution is -0.116. The van der Waals surface area contributed by atoms with Gasteiger partial charge in [0, 0.05) is 12.6 Å². The predicted octanol–water partition coefficient (Wildman–Crippen LogP) is 2.73. The summed E-state index contributed by atoms with van der Waals surface area (Å²) in [6.07, 6.45) is 1.20. The fraction of sp³-hybridized carbons (Fsp3) is 0.188. The predicted molar refractivity (Wildman–Crippen MR) is 76.8 cm³/mol. The van der Waals surface area contributed by atoms with E-state index in [1.54, 1.807) is 19.1 Å². The van der Waals surface area contributed by atoms with Crippen molar-refractivity contribution >= 4 is 12.0 Å². The van der Waals surface area contributed by atoms with Crippen LogP contribution < -0.4 is 5.32 Å². The zero-order valence-electron chi connectivity index (χ0n) is 11.8. The van der Waals surface area contributed by atoms with E-state index in [-0.39, 0.29) is 6.54 Å². The molecule has 1 heterocycles. The molecule has 1 aromatic heterocycles. The normalized spacial score (nSPS) is 12.5. The minimum absolute atomic E-state index is 0.307. The summed E-state index contributed by atoms with van der Waals surface area (Å²) in [5, 5.41) is 12.1. The molecule has 0 aliphatic rings. The number of benzene rings is 1. The molecule has 22 heavy (non-hydrogen) atoms. The third-order valence-corrected chi connectivity index (χ3v) is 2.96. The van der Waals surface area contributed by atoms with Gasteiger partial charge in [0.25, 0.3) is 0 Å². The van der Waals surface area contributed by atoms with Gasteiger partial charge in [0.2, 0.25) is 5.91 Å². The van der Waals surface area contributed by atoms with E-state index in [0.717, 1.165) is 12.1 Å². The van der Waals surface area contributed by atoms with Crippen molar-refractivity contribution < 1.29 is 23.1 Å². The molecule has 0 saturated carbocycles. The van der Waals surface area contributed by atoms with Gasteiger partial charge in [-0.25, -0.2) is 8.78 Å². The Morgan fingerprint density at radius 1 is 1.32 bits per heavy atom. The van der Waals surface area contributed by atoms with E-state index in [2.05, 4.69) is 5.32 Å². The number of rotatable bonds is 5. The quantitative estimate of drug-likeness (QED) is 0.835. The van der Waals surface area contributed by atoms with Gasteiger partial charge < -0.3 is 14.8 Å². The van der Waals surface area contributed by atoms with E-state index in [1.807, 2.05) is 0 Å². The molecule has 2 N–H and O–H groups in total. The van der Waals surface area contributed by atoms with Gasteiger partial charge in [-0.1, -0.05) is 6.07 Å². The molecular formula is C16H15F2NO3. The Morgan fingerprint density at radius 2 is 2.00 bits per heavy atom. The van der Waals surface area contributed by atoms with Crippen molar-refractivity contribution in [2.45, 2.75) is 13.0 Å². The molecule has 1 amide bonds. The van der Waals surface area contributed by atoms with Crippen LogP contribution in [0.3, 0.4) is 0 Å². The Labute approximate surface area is 126 Å². The first kappa shape index (κ1) is 15.9. The van der Waals surface area contributed by atoms with Crippen LogP contribution in [0.25, 0.3) is 6.08 Å². The van der Waals surface area contributed by atoms with Crippen LogP contribution in [0, 0.1) is 18.6 Å². The average molecular weight is 307 g/mol. The largest absolute Gasteiger partial charge is 0.462 e. The second-order valence-electron chi connectivity index (χ2n) is 4.68. The summed E-state index contributed by atoms with van der Waals surface area (Å²) in [5.74, 6) is -1.00. The van der Waals surface area contributed by atoms with Crippen molar-refractivity contribution in [2.75, 3.05) is 6.54 Å².